The van der Waals surface area contributed by atoms with Crippen LogP contribution in [0.4, 0.5) is 0 Å². The van der Waals surface area contributed by atoms with Crippen LogP contribution in [0.15, 0.2) is 24.3 Å². The van der Waals surface area contributed by atoms with Crippen molar-refractivity contribution in [2.75, 3.05) is 0 Å². The maximum atomic E-state index is 3.64. The summed E-state index contributed by atoms with van der Waals surface area (Å²) in [6, 6.07) is 8.77. The fourth-order valence-electron chi connectivity index (χ4n) is 3.60. The largest absolute Gasteiger partial charge is 0.358 e. The van der Waals surface area contributed by atoms with Crippen molar-refractivity contribution in [3.8, 4) is 0 Å². The Kier molecular flexibility index (Phi) is 1.41. The van der Waals surface area contributed by atoms with E-state index in [9.17, 15) is 0 Å². The Morgan fingerprint density at radius 1 is 1.13 bits per heavy atom. The van der Waals surface area contributed by atoms with Crippen LogP contribution < -0.4 is 0 Å². The maximum absolute atomic E-state index is 3.64. The van der Waals surface area contributed by atoms with Crippen molar-refractivity contribution in [2.24, 2.45) is 5.92 Å². The molecule has 1 aromatic carbocycles. The second kappa shape index (κ2) is 2.66. The Morgan fingerprint density at radius 3 is 3.07 bits per heavy atom. The Balaban J connectivity index is 2.04. The fraction of sp³-hybridized carbons (Fsp3) is 0.429. The molecular weight excluding hydrogens is 182 g/mol. The van der Waals surface area contributed by atoms with Gasteiger partial charge in [0.15, 0.2) is 0 Å². The average molecular weight is 197 g/mol. The van der Waals surface area contributed by atoms with E-state index in [1.165, 1.54) is 36.6 Å². The zero-order valence-electron chi connectivity index (χ0n) is 8.79. The van der Waals surface area contributed by atoms with Gasteiger partial charge >= 0.3 is 0 Å². The molecule has 1 heterocycles. The quantitative estimate of drug-likeness (QED) is 0.664. The average Bonchev–Trinajstić information content (AvgIpc) is 2.83. The number of rotatable bonds is 0. The summed E-state index contributed by atoms with van der Waals surface area (Å²) in [4.78, 5) is 3.64. The maximum Gasteiger partial charge on any atom is 0.0459 e. The molecule has 2 aromatic rings. The molecule has 1 saturated carbocycles. The Bertz CT molecular complexity index is 523. The zero-order chi connectivity index (χ0) is 9.83. The molecule has 1 nitrogen and oxygen atoms in total. The molecule has 0 spiro atoms. The van der Waals surface area contributed by atoms with Gasteiger partial charge in [-0.1, -0.05) is 18.2 Å². The summed E-state index contributed by atoms with van der Waals surface area (Å²) < 4.78 is 0. The van der Waals surface area contributed by atoms with Crippen LogP contribution >= 0.6 is 0 Å². The van der Waals surface area contributed by atoms with Gasteiger partial charge in [0.25, 0.3) is 0 Å². The third kappa shape index (κ3) is 0.983. The van der Waals surface area contributed by atoms with Gasteiger partial charge in [-0.05, 0) is 49.1 Å². The first-order valence-electron chi connectivity index (χ1n) is 6.01. The second-order valence-corrected chi connectivity index (χ2v) is 5.14. The molecule has 15 heavy (non-hydrogen) atoms. The van der Waals surface area contributed by atoms with Crippen molar-refractivity contribution in [1.82, 2.24) is 4.98 Å². The number of H-pyrrole nitrogens is 1. The summed E-state index contributed by atoms with van der Waals surface area (Å²) in [5, 5.41) is 1.48. The van der Waals surface area contributed by atoms with Gasteiger partial charge in [0.1, 0.15) is 0 Å². The van der Waals surface area contributed by atoms with Crippen molar-refractivity contribution < 1.29 is 0 Å². The molecule has 2 atom stereocenters. The molecule has 0 aliphatic heterocycles. The van der Waals surface area contributed by atoms with E-state index >= 15 is 0 Å². The van der Waals surface area contributed by atoms with Crippen LogP contribution in [0, 0.1) is 5.92 Å². The van der Waals surface area contributed by atoms with E-state index < -0.39 is 0 Å². The molecule has 2 aliphatic rings. The highest BCUT2D eigenvalue weighted by Crippen LogP contribution is 2.47. The summed E-state index contributed by atoms with van der Waals surface area (Å²) in [6.45, 7) is 0. The molecule has 0 radical (unpaired) electrons. The molecule has 1 heteroatoms. The van der Waals surface area contributed by atoms with Crippen molar-refractivity contribution in [1.29, 1.82) is 0 Å². The topological polar surface area (TPSA) is 15.8 Å². The number of nitrogens with one attached hydrogen (secondary N) is 1. The lowest BCUT2D eigenvalue weighted by Gasteiger charge is -2.19. The predicted octanol–water partition coefficient (Wildman–Crippen LogP) is 3.61. The van der Waals surface area contributed by atoms with Crippen LogP contribution in [0.2, 0.25) is 0 Å². The molecule has 76 valence electrons. The summed E-state index contributed by atoms with van der Waals surface area (Å²) in [5.41, 5.74) is 4.53. The molecule has 1 N–H and O–H groups in total. The lowest BCUT2D eigenvalue weighted by Crippen LogP contribution is -2.09. The lowest BCUT2D eigenvalue weighted by molar-refractivity contribution is 0.509. The minimum absolute atomic E-state index is 0.839. The fourth-order valence-corrected chi connectivity index (χ4v) is 3.60. The van der Waals surface area contributed by atoms with E-state index in [0.717, 1.165) is 11.8 Å². The zero-order valence-corrected chi connectivity index (χ0v) is 8.79. The standard InChI is InChI=1S/C14H15N/c1-2-4-13-11(3-1)12-8-9-5-6-10(7-9)14(12)15-13/h1-4,9-10,15H,5-8H2/t9-,10+/m0/s1. The first-order chi connectivity index (χ1) is 7.42. The van der Waals surface area contributed by atoms with Gasteiger partial charge in [-0.3, -0.25) is 0 Å². The van der Waals surface area contributed by atoms with Gasteiger partial charge < -0.3 is 4.98 Å². The Labute approximate surface area is 89.5 Å². The van der Waals surface area contributed by atoms with Crippen LogP contribution in [0.1, 0.15) is 36.4 Å². The van der Waals surface area contributed by atoms with E-state index in [0.29, 0.717) is 0 Å². The smallest absolute Gasteiger partial charge is 0.0459 e. The van der Waals surface area contributed by atoms with E-state index in [1.807, 2.05) is 0 Å². The molecule has 1 aromatic heterocycles. The molecule has 2 aliphatic carbocycles. The summed E-state index contributed by atoms with van der Waals surface area (Å²) in [6.07, 6.45) is 5.60. The highest BCUT2D eigenvalue weighted by molar-refractivity contribution is 5.85. The predicted molar refractivity (Wildman–Crippen MR) is 62.1 cm³/mol. The molecule has 1 fully saturated rings. The van der Waals surface area contributed by atoms with E-state index in [1.54, 1.807) is 11.3 Å². The van der Waals surface area contributed by atoms with Crippen molar-refractivity contribution in [3.05, 3.63) is 35.5 Å². The minimum Gasteiger partial charge on any atom is -0.358 e. The van der Waals surface area contributed by atoms with Gasteiger partial charge in [0.05, 0.1) is 0 Å². The minimum atomic E-state index is 0.839. The normalized spacial score (nSPS) is 28.3. The summed E-state index contributed by atoms with van der Waals surface area (Å²) in [7, 11) is 0. The van der Waals surface area contributed by atoms with Crippen LogP contribution in [0.5, 0.6) is 0 Å². The first kappa shape index (κ1) is 7.98. The number of para-hydroxylation sites is 1. The SMILES string of the molecule is c1ccc2c3c([nH]c2c1)[C@@H]1CC[C@H](C3)C1. The van der Waals surface area contributed by atoms with E-state index in [-0.39, 0.29) is 0 Å². The molecule has 2 bridgehead atoms. The summed E-state index contributed by atoms with van der Waals surface area (Å²) in [5.74, 6) is 1.81. The van der Waals surface area contributed by atoms with Crippen molar-refractivity contribution in [2.45, 2.75) is 31.6 Å². The van der Waals surface area contributed by atoms with Crippen LogP contribution in [0.25, 0.3) is 10.9 Å². The Morgan fingerprint density at radius 2 is 2.07 bits per heavy atom. The number of benzene rings is 1. The van der Waals surface area contributed by atoms with Gasteiger partial charge in [-0.15, -0.1) is 0 Å². The van der Waals surface area contributed by atoms with Crippen molar-refractivity contribution >= 4 is 10.9 Å². The number of fused-ring (bicyclic) bond motifs is 6. The van der Waals surface area contributed by atoms with Crippen LogP contribution in [-0.2, 0) is 6.42 Å². The molecule has 0 amide bonds. The number of aromatic nitrogens is 1. The number of hydrogen-bond acceptors (Lipinski definition) is 0. The highest BCUT2D eigenvalue weighted by Gasteiger charge is 2.34. The van der Waals surface area contributed by atoms with E-state index in [2.05, 4.69) is 29.2 Å². The number of hydrogen-bond donors (Lipinski definition) is 1. The van der Waals surface area contributed by atoms with Gasteiger partial charge in [0, 0.05) is 16.6 Å². The monoisotopic (exact) mass is 197 g/mol. The van der Waals surface area contributed by atoms with Gasteiger partial charge in [-0.25, -0.2) is 0 Å². The highest BCUT2D eigenvalue weighted by atomic mass is 14.7. The lowest BCUT2D eigenvalue weighted by atomic mass is 9.86. The Hall–Kier alpha value is -1.24. The third-order valence-corrected chi connectivity index (χ3v) is 4.29. The second-order valence-electron chi connectivity index (χ2n) is 5.14. The van der Waals surface area contributed by atoms with Gasteiger partial charge in [-0.2, -0.15) is 0 Å². The van der Waals surface area contributed by atoms with Crippen molar-refractivity contribution in [3.63, 3.8) is 0 Å². The summed E-state index contributed by atoms with van der Waals surface area (Å²) >= 11 is 0. The molecule has 0 unspecified atom stereocenters. The van der Waals surface area contributed by atoms with Crippen LogP contribution in [-0.4, -0.2) is 4.98 Å². The van der Waals surface area contributed by atoms with Crippen LogP contribution in [0.3, 0.4) is 0 Å². The molecule has 0 saturated heterocycles. The number of aromatic amines is 1. The van der Waals surface area contributed by atoms with E-state index in [4.69, 9.17) is 0 Å². The third-order valence-electron chi connectivity index (χ3n) is 4.29. The van der Waals surface area contributed by atoms with Gasteiger partial charge in [0.2, 0.25) is 0 Å². The molecule has 4 rings (SSSR count). The molecular formula is C14H15N. The first-order valence-corrected chi connectivity index (χ1v) is 6.01.